The third kappa shape index (κ3) is 5.77. The lowest BCUT2D eigenvalue weighted by Gasteiger charge is -2.37. The summed E-state index contributed by atoms with van der Waals surface area (Å²) in [6.45, 7) is 10.6. The molecule has 0 aliphatic carbocycles. The number of morpholine rings is 1. The Kier molecular flexibility index (Phi) is 6.62. The van der Waals surface area contributed by atoms with Gasteiger partial charge >= 0.3 is 0 Å². The molecule has 0 aromatic heterocycles. The molecule has 1 amide bonds. The molecule has 0 radical (unpaired) electrons. The van der Waals surface area contributed by atoms with E-state index in [0.29, 0.717) is 16.9 Å². The van der Waals surface area contributed by atoms with Crippen molar-refractivity contribution < 1.29 is 17.9 Å². The molecule has 2 atom stereocenters. The summed E-state index contributed by atoms with van der Waals surface area (Å²) < 4.78 is 32.0. The Bertz CT molecular complexity index is 1020. The van der Waals surface area contributed by atoms with Crippen LogP contribution < -0.4 is 14.9 Å². The van der Waals surface area contributed by atoms with E-state index in [0.717, 1.165) is 18.8 Å². The topological polar surface area (TPSA) is 87.7 Å². The zero-order valence-electron chi connectivity index (χ0n) is 18.7. The van der Waals surface area contributed by atoms with Crippen LogP contribution in [-0.2, 0) is 14.8 Å². The first-order chi connectivity index (χ1) is 14.4. The highest BCUT2D eigenvalue weighted by Crippen LogP contribution is 2.24. The van der Waals surface area contributed by atoms with Crippen LogP contribution in [0.5, 0.6) is 0 Å². The van der Waals surface area contributed by atoms with Crippen molar-refractivity contribution in [2.24, 2.45) is 0 Å². The van der Waals surface area contributed by atoms with Gasteiger partial charge in [0.15, 0.2) is 0 Å². The summed E-state index contributed by atoms with van der Waals surface area (Å²) in [7, 11) is -3.52. The number of nitrogens with one attached hydrogen (secondary N) is 2. The first kappa shape index (κ1) is 23.1. The molecule has 2 N–H and O–H groups in total. The SMILES string of the molecule is CC1CN(c2cccc(NC(=O)c3ccc(NS(=O)(=O)C(C)(C)C)cc3)c2)CC(C)O1. The molecule has 2 aromatic carbocycles. The number of nitrogens with zero attached hydrogens (tertiary/aromatic N) is 1. The fourth-order valence-electron chi connectivity index (χ4n) is 3.37. The third-order valence-electron chi connectivity index (χ3n) is 5.09. The first-order valence-electron chi connectivity index (χ1n) is 10.4. The van der Waals surface area contributed by atoms with Crippen molar-refractivity contribution >= 4 is 33.0 Å². The van der Waals surface area contributed by atoms with E-state index in [1.54, 1.807) is 45.0 Å². The molecule has 0 saturated carbocycles. The minimum atomic E-state index is -3.52. The van der Waals surface area contributed by atoms with Crippen molar-refractivity contribution in [3.05, 3.63) is 54.1 Å². The molecule has 3 rings (SSSR count). The number of carbonyl (C=O) groups excluding carboxylic acids is 1. The summed E-state index contributed by atoms with van der Waals surface area (Å²) in [5, 5.41) is 2.92. The second-order valence-corrected chi connectivity index (χ2v) is 11.4. The number of rotatable bonds is 5. The lowest BCUT2D eigenvalue weighted by atomic mass is 10.1. The Balaban J connectivity index is 1.68. The Morgan fingerprint density at radius 3 is 2.19 bits per heavy atom. The van der Waals surface area contributed by atoms with E-state index in [9.17, 15) is 13.2 Å². The molecule has 2 unspecified atom stereocenters. The first-order valence-corrected chi connectivity index (χ1v) is 11.9. The van der Waals surface area contributed by atoms with E-state index in [1.165, 1.54) is 0 Å². The lowest BCUT2D eigenvalue weighted by molar-refractivity contribution is -0.00521. The van der Waals surface area contributed by atoms with Crippen LogP contribution in [0.2, 0.25) is 0 Å². The molecule has 8 heteroatoms. The Hall–Kier alpha value is -2.58. The molecule has 31 heavy (non-hydrogen) atoms. The van der Waals surface area contributed by atoms with E-state index in [-0.39, 0.29) is 18.1 Å². The van der Waals surface area contributed by atoms with Gasteiger partial charge in [-0.25, -0.2) is 8.42 Å². The number of ether oxygens (including phenoxy) is 1. The molecule has 1 saturated heterocycles. The summed E-state index contributed by atoms with van der Waals surface area (Å²) in [5.41, 5.74) is 2.60. The highest BCUT2D eigenvalue weighted by atomic mass is 32.2. The number of hydrogen-bond acceptors (Lipinski definition) is 5. The van der Waals surface area contributed by atoms with Gasteiger partial charge in [0.25, 0.3) is 5.91 Å². The number of anilines is 3. The van der Waals surface area contributed by atoms with Gasteiger partial charge in [-0.1, -0.05) is 6.07 Å². The predicted octanol–water partition coefficient (Wildman–Crippen LogP) is 4.09. The van der Waals surface area contributed by atoms with Crippen LogP contribution in [0.1, 0.15) is 45.0 Å². The highest BCUT2D eigenvalue weighted by molar-refractivity contribution is 7.94. The molecule has 2 aromatic rings. The van der Waals surface area contributed by atoms with Crippen LogP contribution in [-0.4, -0.2) is 44.4 Å². The summed E-state index contributed by atoms with van der Waals surface area (Å²) in [6, 6.07) is 14.1. The summed E-state index contributed by atoms with van der Waals surface area (Å²) in [6.07, 6.45) is 0.299. The van der Waals surface area contributed by atoms with Gasteiger partial charge in [0, 0.05) is 35.7 Å². The standard InChI is InChI=1S/C23H31N3O4S/c1-16-14-26(15-17(2)30-16)21-8-6-7-20(13-21)24-22(27)18-9-11-19(12-10-18)25-31(28,29)23(3,4)5/h6-13,16-17,25H,14-15H2,1-5H3,(H,24,27). The van der Waals surface area contributed by atoms with Crippen molar-refractivity contribution in [3.8, 4) is 0 Å². The monoisotopic (exact) mass is 445 g/mol. The summed E-state index contributed by atoms with van der Waals surface area (Å²) in [4.78, 5) is 14.9. The van der Waals surface area contributed by atoms with E-state index in [2.05, 4.69) is 28.8 Å². The number of amides is 1. The average Bonchev–Trinajstić information content (AvgIpc) is 2.67. The largest absolute Gasteiger partial charge is 0.372 e. The molecule has 168 valence electrons. The Morgan fingerprint density at radius 2 is 1.61 bits per heavy atom. The maximum atomic E-state index is 12.7. The van der Waals surface area contributed by atoms with E-state index in [4.69, 9.17) is 4.74 Å². The molecular formula is C23H31N3O4S. The number of carbonyl (C=O) groups is 1. The normalized spacial score (nSPS) is 19.7. The Morgan fingerprint density at radius 1 is 1.00 bits per heavy atom. The Labute approximate surface area is 184 Å². The van der Waals surface area contributed by atoms with Crippen molar-refractivity contribution in [3.63, 3.8) is 0 Å². The smallest absolute Gasteiger partial charge is 0.255 e. The average molecular weight is 446 g/mol. The zero-order valence-corrected chi connectivity index (χ0v) is 19.5. The minimum absolute atomic E-state index is 0.149. The van der Waals surface area contributed by atoms with Crippen molar-refractivity contribution in [2.45, 2.75) is 51.6 Å². The van der Waals surface area contributed by atoms with Crippen molar-refractivity contribution in [2.75, 3.05) is 28.0 Å². The number of sulfonamides is 1. The molecule has 0 spiro atoms. The van der Waals surface area contributed by atoms with Crippen LogP contribution in [0.3, 0.4) is 0 Å². The van der Waals surface area contributed by atoms with Crippen LogP contribution >= 0.6 is 0 Å². The van der Waals surface area contributed by atoms with Gasteiger partial charge in [-0.2, -0.15) is 0 Å². The van der Waals surface area contributed by atoms with Crippen molar-refractivity contribution in [1.82, 2.24) is 0 Å². The maximum absolute atomic E-state index is 12.7. The zero-order chi connectivity index (χ0) is 22.8. The van der Waals surface area contributed by atoms with Crippen LogP contribution in [0, 0.1) is 0 Å². The molecule has 1 aliphatic heterocycles. The lowest BCUT2D eigenvalue weighted by Crippen LogP contribution is -2.45. The highest BCUT2D eigenvalue weighted by Gasteiger charge is 2.29. The van der Waals surface area contributed by atoms with Crippen LogP contribution in [0.15, 0.2) is 48.5 Å². The van der Waals surface area contributed by atoms with Gasteiger partial charge in [-0.15, -0.1) is 0 Å². The van der Waals surface area contributed by atoms with E-state index in [1.807, 2.05) is 24.3 Å². The van der Waals surface area contributed by atoms with Crippen LogP contribution in [0.4, 0.5) is 17.1 Å². The molecule has 7 nitrogen and oxygen atoms in total. The summed E-state index contributed by atoms with van der Waals surface area (Å²) >= 11 is 0. The number of benzene rings is 2. The predicted molar refractivity (Wildman–Crippen MR) is 125 cm³/mol. The van der Waals surface area contributed by atoms with Gasteiger partial charge < -0.3 is 15.0 Å². The molecular weight excluding hydrogens is 414 g/mol. The molecule has 1 heterocycles. The third-order valence-corrected chi connectivity index (χ3v) is 7.21. The quantitative estimate of drug-likeness (QED) is 0.724. The molecule has 1 aliphatic rings. The van der Waals surface area contributed by atoms with Gasteiger partial charge in [-0.3, -0.25) is 9.52 Å². The second-order valence-electron chi connectivity index (χ2n) is 8.96. The van der Waals surface area contributed by atoms with E-state index >= 15 is 0 Å². The fourth-order valence-corrected chi connectivity index (χ4v) is 4.12. The second kappa shape index (κ2) is 8.88. The fraction of sp³-hybridized carbons (Fsp3) is 0.435. The van der Waals surface area contributed by atoms with E-state index < -0.39 is 14.8 Å². The van der Waals surface area contributed by atoms with Gasteiger partial charge in [0.1, 0.15) is 0 Å². The molecule has 0 bridgehead atoms. The maximum Gasteiger partial charge on any atom is 0.255 e. The van der Waals surface area contributed by atoms with Gasteiger partial charge in [0.2, 0.25) is 10.0 Å². The number of hydrogen-bond donors (Lipinski definition) is 2. The van der Waals surface area contributed by atoms with Gasteiger partial charge in [-0.05, 0) is 77.1 Å². The minimum Gasteiger partial charge on any atom is -0.372 e. The van der Waals surface area contributed by atoms with Gasteiger partial charge in [0.05, 0.1) is 17.0 Å². The summed E-state index contributed by atoms with van der Waals surface area (Å²) in [5.74, 6) is -0.258. The molecule has 1 fully saturated rings. The van der Waals surface area contributed by atoms with Crippen molar-refractivity contribution in [1.29, 1.82) is 0 Å². The van der Waals surface area contributed by atoms with Crippen LogP contribution in [0.25, 0.3) is 0 Å².